The highest BCUT2D eigenvalue weighted by Crippen LogP contribution is 2.27. The number of nitrogens with zero attached hydrogens (tertiary/aromatic N) is 4. The third-order valence-corrected chi connectivity index (χ3v) is 5.49. The van der Waals surface area contributed by atoms with Crippen molar-refractivity contribution in [1.29, 1.82) is 0 Å². The molecule has 0 unspecified atom stereocenters. The molecule has 0 saturated carbocycles. The summed E-state index contributed by atoms with van der Waals surface area (Å²) in [4.78, 5) is 0.731. The van der Waals surface area contributed by atoms with Crippen molar-refractivity contribution in [2.75, 3.05) is 5.73 Å². The Labute approximate surface area is 171 Å². The van der Waals surface area contributed by atoms with Crippen molar-refractivity contribution in [1.82, 2.24) is 19.8 Å². The van der Waals surface area contributed by atoms with Crippen LogP contribution in [-0.4, -0.2) is 19.8 Å². The Hall–Kier alpha value is -3.71. The topological polar surface area (TPSA) is 78.3 Å². The molecule has 7 heteroatoms. The van der Waals surface area contributed by atoms with Gasteiger partial charge in [-0.1, -0.05) is 53.8 Å². The maximum atomic E-state index is 5.90. The van der Waals surface area contributed by atoms with Gasteiger partial charge in [-0.25, -0.2) is 0 Å². The minimum Gasteiger partial charge on any atom is -0.486 e. The van der Waals surface area contributed by atoms with Gasteiger partial charge in [0.1, 0.15) is 17.4 Å². The van der Waals surface area contributed by atoms with E-state index >= 15 is 0 Å². The molecule has 0 radical (unpaired) electrons. The van der Waals surface area contributed by atoms with E-state index in [1.54, 1.807) is 4.52 Å². The number of rotatable bonds is 5. The fourth-order valence-electron chi connectivity index (χ4n) is 3.01. The van der Waals surface area contributed by atoms with Crippen LogP contribution in [0.4, 0.5) is 5.69 Å². The lowest BCUT2D eigenvalue weighted by molar-refractivity contribution is 0.293. The Morgan fingerprint density at radius 3 is 2.24 bits per heavy atom. The molecule has 0 aliphatic heterocycles. The molecule has 3 aromatic carbocycles. The number of anilines is 1. The van der Waals surface area contributed by atoms with E-state index in [9.17, 15) is 0 Å². The van der Waals surface area contributed by atoms with E-state index in [0.29, 0.717) is 5.82 Å². The molecule has 0 atom stereocenters. The van der Waals surface area contributed by atoms with E-state index in [-0.39, 0.29) is 6.61 Å². The number of ether oxygens (including phenoxy) is 1. The van der Waals surface area contributed by atoms with Crippen LogP contribution in [0.25, 0.3) is 26.7 Å². The molecule has 2 N–H and O–H groups in total. The summed E-state index contributed by atoms with van der Waals surface area (Å²) in [5.74, 6) is 1.43. The first-order valence-corrected chi connectivity index (χ1v) is 9.93. The number of hydrogen-bond acceptors (Lipinski definition) is 6. The SMILES string of the molecule is Nc1ccc(-c2nn3c(COc4ccc(-c5ccccc5)cc4)nnc3s2)cc1. The third-order valence-electron chi connectivity index (χ3n) is 4.54. The van der Waals surface area contributed by atoms with Crippen LogP contribution in [0.3, 0.4) is 0 Å². The van der Waals surface area contributed by atoms with E-state index in [1.807, 2.05) is 66.7 Å². The van der Waals surface area contributed by atoms with Crippen LogP contribution >= 0.6 is 11.3 Å². The van der Waals surface area contributed by atoms with Gasteiger partial charge in [0.2, 0.25) is 4.96 Å². The molecule has 0 aliphatic rings. The summed E-state index contributed by atoms with van der Waals surface area (Å²) in [6.07, 6.45) is 0. The average molecular weight is 399 g/mol. The van der Waals surface area contributed by atoms with Crippen molar-refractivity contribution in [3.63, 3.8) is 0 Å². The monoisotopic (exact) mass is 399 g/mol. The van der Waals surface area contributed by atoms with Crippen LogP contribution in [0.1, 0.15) is 5.82 Å². The lowest BCUT2D eigenvalue weighted by Crippen LogP contribution is -2.02. The molecule has 0 fully saturated rings. The van der Waals surface area contributed by atoms with Gasteiger partial charge in [-0.05, 0) is 47.5 Å². The molecule has 5 rings (SSSR count). The molecule has 6 nitrogen and oxygen atoms in total. The second-order valence-corrected chi connectivity index (χ2v) is 7.47. The molecule has 0 saturated heterocycles. The highest BCUT2D eigenvalue weighted by atomic mass is 32.1. The summed E-state index contributed by atoms with van der Waals surface area (Å²) in [5.41, 5.74) is 9.81. The van der Waals surface area contributed by atoms with Gasteiger partial charge < -0.3 is 10.5 Å². The number of nitrogen functional groups attached to an aromatic ring is 1. The third kappa shape index (κ3) is 3.55. The van der Waals surface area contributed by atoms with Gasteiger partial charge in [-0.15, -0.1) is 10.2 Å². The fourth-order valence-corrected chi connectivity index (χ4v) is 3.88. The Balaban J connectivity index is 1.32. The normalized spacial score (nSPS) is 11.0. The number of nitrogens with two attached hydrogens (primary N) is 1. The first kappa shape index (κ1) is 17.4. The molecular weight excluding hydrogens is 382 g/mol. The zero-order chi connectivity index (χ0) is 19.6. The van der Waals surface area contributed by atoms with Crippen LogP contribution in [0.5, 0.6) is 5.75 Å². The number of fused-ring (bicyclic) bond motifs is 1. The van der Waals surface area contributed by atoms with Crippen molar-refractivity contribution >= 4 is 22.0 Å². The van der Waals surface area contributed by atoms with Crippen molar-refractivity contribution in [3.05, 3.63) is 84.7 Å². The van der Waals surface area contributed by atoms with Gasteiger partial charge in [0.15, 0.2) is 5.82 Å². The van der Waals surface area contributed by atoms with Gasteiger partial charge in [-0.3, -0.25) is 0 Å². The van der Waals surface area contributed by atoms with E-state index in [2.05, 4.69) is 27.4 Å². The summed E-state index contributed by atoms with van der Waals surface area (Å²) in [5, 5.41) is 13.9. The van der Waals surface area contributed by atoms with Crippen molar-refractivity contribution in [2.24, 2.45) is 0 Å². The summed E-state index contributed by atoms with van der Waals surface area (Å²) >= 11 is 1.48. The van der Waals surface area contributed by atoms with E-state index in [1.165, 1.54) is 16.9 Å². The minimum absolute atomic E-state index is 0.288. The summed E-state index contributed by atoms with van der Waals surface area (Å²) in [7, 11) is 0. The smallest absolute Gasteiger partial charge is 0.235 e. The second kappa shape index (κ2) is 7.37. The summed E-state index contributed by atoms with van der Waals surface area (Å²) in [6, 6.07) is 25.9. The highest BCUT2D eigenvalue weighted by Gasteiger charge is 2.13. The highest BCUT2D eigenvalue weighted by molar-refractivity contribution is 7.19. The standard InChI is InChI=1S/C22H17N5OS/c23-18-10-6-17(7-11-18)21-26-27-20(24-25-22(27)29-21)14-28-19-12-8-16(9-13-19)15-4-2-1-3-5-15/h1-13H,14,23H2. The van der Waals surface area contributed by atoms with E-state index in [4.69, 9.17) is 10.5 Å². The number of benzene rings is 3. The molecule has 5 aromatic rings. The average Bonchev–Trinajstić information content (AvgIpc) is 3.35. The summed E-state index contributed by atoms with van der Waals surface area (Å²) in [6.45, 7) is 0.288. The maximum absolute atomic E-state index is 5.90. The zero-order valence-electron chi connectivity index (χ0n) is 15.4. The molecule has 2 heterocycles. The molecule has 2 aromatic heterocycles. The molecule has 0 bridgehead atoms. The molecule has 142 valence electrons. The quantitative estimate of drug-likeness (QED) is 0.434. The van der Waals surface area contributed by atoms with Crippen molar-refractivity contribution in [2.45, 2.75) is 6.61 Å². The molecular formula is C22H17N5OS. The van der Waals surface area contributed by atoms with Crippen molar-refractivity contribution in [3.8, 4) is 27.4 Å². The summed E-state index contributed by atoms with van der Waals surface area (Å²) < 4.78 is 7.64. The first-order chi connectivity index (χ1) is 14.3. The Kier molecular flexibility index (Phi) is 4.42. The predicted octanol–water partition coefficient (Wildman–Crippen LogP) is 4.68. The number of hydrogen-bond donors (Lipinski definition) is 1. The molecule has 29 heavy (non-hydrogen) atoms. The Morgan fingerprint density at radius 1 is 0.793 bits per heavy atom. The van der Waals surface area contributed by atoms with Crippen molar-refractivity contribution < 1.29 is 4.74 Å². The van der Waals surface area contributed by atoms with Crippen LogP contribution in [0.2, 0.25) is 0 Å². The maximum Gasteiger partial charge on any atom is 0.235 e. The first-order valence-electron chi connectivity index (χ1n) is 9.11. The predicted molar refractivity (Wildman–Crippen MR) is 115 cm³/mol. The lowest BCUT2D eigenvalue weighted by Gasteiger charge is -2.06. The van der Waals surface area contributed by atoms with E-state index < -0.39 is 0 Å². The van der Waals surface area contributed by atoms with Gasteiger partial charge in [0.05, 0.1) is 0 Å². The Morgan fingerprint density at radius 2 is 1.48 bits per heavy atom. The molecule has 0 spiro atoms. The Bertz CT molecular complexity index is 1240. The van der Waals surface area contributed by atoms with Gasteiger partial charge in [0.25, 0.3) is 0 Å². The fraction of sp³-hybridized carbons (Fsp3) is 0.0455. The molecule has 0 aliphatic carbocycles. The van der Waals surface area contributed by atoms with Crippen LogP contribution in [-0.2, 0) is 6.61 Å². The van der Waals surface area contributed by atoms with Crippen LogP contribution < -0.4 is 10.5 Å². The minimum atomic E-state index is 0.288. The van der Waals surface area contributed by atoms with Crippen LogP contribution in [0.15, 0.2) is 78.9 Å². The largest absolute Gasteiger partial charge is 0.486 e. The van der Waals surface area contributed by atoms with Gasteiger partial charge in [0, 0.05) is 11.3 Å². The lowest BCUT2D eigenvalue weighted by atomic mass is 10.1. The van der Waals surface area contributed by atoms with Crippen LogP contribution in [0, 0.1) is 0 Å². The van der Waals surface area contributed by atoms with E-state index in [0.717, 1.165) is 32.5 Å². The second-order valence-electron chi connectivity index (χ2n) is 6.52. The van der Waals surface area contributed by atoms with Gasteiger partial charge in [-0.2, -0.15) is 9.61 Å². The molecule has 0 amide bonds. The zero-order valence-corrected chi connectivity index (χ0v) is 16.2. The number of aromatic nitrogens is 4. The van der Waals surface area contributed by atoms with Gasteiger partial charge >= 0.3 is 0 Å².